The Morgan fingerprint density at radius 3 is 2.58 bits per heavy atom. The van der Waals surface area contributed by atoms with E-state index >= 15 is 0 Å². The average molecular weight is 374 g/mol. The first-order valence-corrected chi connectivity index (χ1v) is 9.22. The fourth-order valence-electron chi connectivity index (χ4n) is 2.35. The third-order valence-corrected chi connectivity index (χ3v) is 5.15. The molecule has 136 valence electrons. The largest absolute Gasteiger partial charge is 0.497 e. The Kier molecular flexibility index (Phi) is 5.24. The highest BCUT2D eigenvalue weighted by molar-refractivity contribution is 7.89. The zero-order valence-electron chi connectivity index (χ0n) is 14.3. The maximum absolute atomic E-state index is 12.6. The van der Waals surface area contributed by atoms with E-state index in [-0.39, 0.29) is 17.2 Å². The summed E-state index contributed by atoms with van der Waals surface area (Å²) in [5.41, 5.74) is 1.39. The summed E-state index contributed by atoms with van der Waals surface area (Å²) >= 11 is 0. The molecule has 0 bridgehead atoms. The summed E-state index contributed by atoms with van der Waals surface area (Å²) in [6.45, 7) is 0.0914. The van der Waals surface area contributed by atoms with Crippen molar-refractivity contribution >= 4 is 10.0 Å². The highest BCUT2D eigenvalue weighted by Crippen LogP contribution is 2.28. The van der Waals surface area contributed by atoms with Crippen LogP contribution in [0, 0.1) is 0 Å². The normalized spacial score (nSPS) is 11.3. The Labute approximate surface area is 151 Å². The highest BCUT2D eigenvalue weighted by Gasteiger charge is 2.20. The van der Waals surface area contributed by atoms with Gasteiger partial charge in [-0.05, 0) is 35.9 Å². The second-order valence-electron chi connectivity index (χ2n) is 5.37. The zero-order chi connectivity index (χ0) is 18.6. The molecule has 0 unspecified atom stereocenters. The van der Waals surface area contributed by atoms with Crippen molar-refractivity contribution in [2.75, 3.05) is 14.2 Å². The molecular formula is C18H18N2O5S. The van der Waals surface area contributed by atoms with E-state index in [4.69, 9.17) is 13.9 Å². The summed E-state index contributed by atoms with van der Waals surface area (Å²) in [7, 11) is -0.904. The molecule has 0 radical (unpaired) electrons. The number of sulfonamides is 1. The third kappa shape index (κ3) is 3.87. The lowest BCUT2D eigenvalue weighted by Crippen LogP contribution is -2.24. The molecule has 0 amide bonds. The van der Waals surface area contributed by atoms with Crippen LogP contribution in [0.5, 0.6) is 11.5 Å². The summed E-state index contributed by atoms with van der Waals surface area (Å²) in [4.78, 5) is 4.30. The summed E-state index contributed by atoms with van der Waals surface area (Å²) in [6.07, 6.45) is 3.17. The van der Waals surface area contributed by atoms with Gasteiger partial charge in [0.25, 0.3) is 0 Å². The minimum Gasteiger partial charge on any atom is -0.497 e. The molecule has 0 aliphatic carbocycles. The zero-order valence-corrected chi connectivity index (χ0v) is 15.1. The molecule has 7 nitrogen and oxygen atoms in total. The molecule has 8 heteroatoms. The van der Waals surface area contributed by atoms with Crippen LogP contribution in [-0.2, 0) is 16.6 Å². The van der Waals surface area contributed by atoms with Crippen molar-refractivity contribution in [1.82, 2.24) is 9.71 Å². The number of furan rings is 1. The van der Waals surface area contributed by atoms with Crippen LogP contribution in [0.25, 0.3) is 11.5 Å². The molecule has 2 aromatic heterocycles. The van der Waals surface area contributed by atoms with E-state index in [2.05, 4.69) is 9.71 Å². The van der Waals surface area contributed by atoms with Crippen molar-refractivity contribution in [1.29, 1.82) is 0 Å². The van der Waals surface area contributed by atoms with Gasteiger partial charge in [0.15, 0.2) is 5.76 Å². The third-order valence-electron chi connectivity index (χ3n) is 3.72. The van der Waals surface area contributed by atoms with Gasteiger partial charge < -0.3 is 13.9 Å². The number of benzene rings is 1. The molecule has 0 saturated carbocycles. The highest BCUT2D eigenvalue weighted by atomic mass is 32.2. The number of nitrogens with one attached hydrogen (secondary N) is 1. The molecule has 0 spiro atoms. The van der Waals surface area contributed by atoms with Gasteiger partial charge in [-0.2, -0.15) is 0 Å². The van der Waals surface area contributed by atoms with Crippen molar-refractivity contribution in [3.05, 3.63) is 60.5 Å². The Morgan fingerprint density at radius 1 is 1.12 bits per heavy atom. The number of hydrogen-bond acceptors (Lipinski definition) is 6. The summed E-state index contributed by atoms with van der Waals surface area (Å²) in [6, 6.07) is 11.7. The first-order valence-electron chi connectivity index (χ1n) is 7.74. The SMILES string of the molecule is COc1ccc(OC)c(S(=O)(=O)NCc2ccc(-c3ccco3)nc2)c1. The van der Waals surface area contributed by atoms with E-state index in [1.807, 2.05) is 0 Å². The Bertz CT molecular complexity index is 967. The number of methoxy groups -OCH3 is 2. The van der Waals surface area contributed by atoms with Gasteiger partial charge >= 0.3 is 0 Å². The van der Waals surface area contributed by atoms with E-state index in [0.29, 0.717) is 22.8 Å². The number of pyridine rings is 1. The van der Waals surface area contributed by atoms with Crippen molar-refractivity contribution in [2.45, 2.75) is 11.4 Å². The molecule has 0 atom stereocenters. The molecule has 1 N–H and O–H groups in total. The van der Waals surface area contributed by atoms with Gasteiger partial charge in [-0.3, -0.25) is 4.98 Å². The number of rotatable bonds is 7. The van der Waals surface area contributed by atoms with E-state index in [1.165, 1.54) is 20.3 Å². The van der Waals surface area contributed by atoms with Crippen LogP contribution in [0.2, 0.25) is 0 Å². The van der Waals surface area contributed by atoms with Gasteiger partial charge in [0.2, 0.25) is 10.0 Å². The molecule has 3 rings (SSSR count). The number of hydrogen-bond donors (Lipinski definition) is 1. The molecule has 2 heterocycles. The maximum atomic E-state index is 12.6. The molecular weight excluding hydrogens is 356 g/mol. The van der Waals surface area contributed by atoms with E-state index < -0.39 is 10.0 Å². The predicted octanol–water partition coefficient (Wildman–Crippen LogP) is 2.84. The second-order valence-corrected chi connectivity index (χ2v) is 7.11. The van der Waals surface area contributed by atoms with Crippen LogP contribution in [-0.4, -0.2) is 27.6 Å². The molecule has 0 aliphatic heterocycles. The van der Waals surface area contributed by atoms with Gasteiger partial charge in [0.05, 0.1) is 20.5 Å². The Hall–Kier alpha value is -2.84. The summed E-state index contributed by atoms with van der Waals surface area (Å²) < 4.78 is 43.3. The number of aromatic nitrogens is 1. The second kappa shape index (κ2) is 7.59. The lowest BCUT2D eigenvalue weighted by Gasteiger charge is -2.12. The van der Waals surface area contributed by atoms with Gasteiger partial charge in [-0.15, -0.1) is 0 Å². The minimum atomic E-state index is -3.79. The lowest BCUT2D eigenvalue weighted by molar-refractivity contribution is 0.392. The van der Waals surface area contributed by atoms with Crippen LogP contribution >= 0.6 is 0 Å². The van der Waals surface area contributed by atoms with Crippen LogP contribution in [0.3, 0.4) is 0 Å². The van der Waals surface area contributed by atoms with Crippen LogP contribution in [0.4, 0.5) is 0 Å². The Balaban J connectivity index is 1.76. The maximum Gasteiger partial charge on any atom is 0.244 e. The van der Waals surface area contributed by atoms with Gasteiger partial charge in [0.1, 0.15) is 22.1 Å². The lowest BCUT2D eigenvalue weighted by atomic mass is 10.2. The van der Waals surface area contributed by atoms with Crippen molar-refractivity contribution in [2.24, 2.45) is 0 Å². The Morgan fingerprint density at radius 2 is 1.96 bits per heavy atom. The first-order chi connectivity index (χ1) is 12.5. The fourth-order valence-corrected chi connectivity index (χ4v) is 3.55. The first kappa shape index (κ1) is 18.0. The number of nitrogens with zero attached hydrogens (tertiary/aromatic N) is 1. The van der Waals surface area contributed by atoms with Gasteiger partial charge in [-0.25, -0.2) is 13.1 Å². The van der Waals surface area contributed by atoms with E-state index in [1.54, 1.807) is 48.9 Å². The fraction of sp³-hybridized carbons (Fsp3) is 0.167. The van der Waals surface area contributed by atoms with Gasteiger partial charge in [0, 0.05) is 18.8 Å². The minimum absolute atomic E-state index is 0.0134. The summed E-state index contributed by atoms with van der Waals surface area (Å²) in [5.74, 6) is 1.32. The molecule has 0 aliphatic rings. The average Bonchev–Trinajstić information content (AvgIpc) is 3.21. The quantitative estimate of drug-likeness (QED) is 0.684. The standard InChI is InChI=1S/C18H18N2O5S/c1-23-14-6-8-17(24-2)18(10-14)26(21,22)20-12-13-5-7-15(19-11-13)16-4-3-9-25-16/h3-11,20H,12H2,1-2H3. The van der Waals surface area contributed by atoms with Crippen LogP contribution in [0.1, 0.15) is 5.56 Å². The molecule has 0 saturated heterocycles. The van der Waals surface area contributed by atoms with Crippen molar-refractivity contribution in [3.8, 4) is 23.0 Å². The molecule has 1 aromatic carbocycles. The topological polar surface area (TPSA) is 90.7 Å². The van der Waals surface area contributed by atoms with Crippen molar-refractivity contribution in [3.63, 3.8) is 0 Å². The smallest absolute Gasteiger partial charge is 0.244 e. The molecule has 0 fully saturated rings. The monoisotopic (exact) mass is 374 g/mol. The van der Waals surface area contributed by atoms with Crippen LogP contribution < -0.4 is 14.2 Å². The van der Waals surface area contributed by atoms with Gasteiger partial charge in [-0.1, -0.05) is 6.07 Å². The van der Waals surface area contributed by atoms with Crippen LogP contribution in [0.15, 0.2) is 64.2 Å². The van der Waals surface area contributed by atoms with E-state index in [9.17, 15) is 8.42 Å². The number of ether oxygens (including phenoxy) is 2. The summed E-state index contributed by atoms with van der Waals surface area (Å²) in [5, 5.41) is 0. The molecule has 3 aromatic rings. The molecule has 26 heavy (non-hydrogen) atoms. The van der Waals surface area contributed by atoms with E-state index in [0.717, 1.165) is 0 Å². The predicted molar refractivity (Wildman–Crippen MR) is 95.5 cm³/mol. The van der Waals surface area contributed by atoms with Crippen molar-refractivity contribution < 1.29 is 22.3 Å².